The van der Waals surface area contributed by atoms with Crippen LogP contribution in [0.3, 0.4) is 0 Å². The van der Waals surface area contributed by atoms with E-state index in [-0.39, 0.29) is 29.4 Å². The summed E-state index contributed by atoms with van der Waals surface area (Å²) < 4.78 is 5.32. The number of nitrogens with one attached hydrogen (secondary N) is 1. The fraction of sp³-hybridized carbons (Fsp3) is 0.667. The van der Waals surface area contributed by atoms with Crippen LogP contribution in [0.5, 0.6) is 0 Å². The van der Waals surface area contributed by atoms with Crippen LogP contribution in [-0.4, -0.2) is 42.2 Å². The molecule has 0 radical (unpaired) electrons. The molecule has 0 aliphatic carbocycles. The first kappa shape index (κ1) is 28.3. The summed E-state index contributed by atoms with van der Waals surface area (Å²) in [6.07, 6.45) is 20.6. The average molecular weight is 457 g/mol. The Hall–Kier alpha value is -2.73. The second-order valence-electron chi connectivity index (χ2n) is 8.80. The molecular formula is C27H40N2O4. The highest BCUT2D eigenvalue weighted by Gasteiger charge is 2.39. The highest BCUT2D eigenvalue weighted by Crippen LogP contribution is 2.27. The van der Waals surface area contributed by atoms with Gasteiger partial charge in [-0.1, -0.05) is 26.7 Å². The number of ether oxygens (including phenoxy) is 1. The Morgan fingerprint density at radius 2 is 1.64 bits per heavy atom. The molecule has 0 saturated heterocycles. The summed E-state index contributed by atoms with van der Waals surface area (Å²) in [5.74, 6) is 5.14. The number of hydrogen-bond donors (Lipinski definition) is 1. The van der Waals surface area contributed by atoms with Gasteiger partial charge >= 0.3 is 0 Å². The van der Waals surface area contributed by atoms with Crippen molar-refractivity contribution in [2.75, 3.05) is 13.7 Å². The van der Waals surface area contributed by atoms with Crippen LogP contribution in [0.4, 0.5) is 0 Å². The lowest BCUT2D eigenvalue weighted by atomic mass is 9.99. The second-order valence-corrected chi connectivity index (χ2v) is 8.80. The van der Waals surface area contributed by atoms with Crippen molar-refractivity contribution < 1.29 is 19.1 Å². The Morgan fingerprint density at radius 3 is 2.21 bits per heavy atom. The molecule has 1 aliphatic rings. The zero-order chi connectivity index (χ0) is 24.6. The van der Waals surface area contributed by atoms with Gasteiger partial charge in [-0.2, -0.15) is 0 Å². The molecule has 0 fully saturated rings. The van der Waals surface area contributed by atoms with Gasteiger partial charge in [0, 0.05) is 37.3 Å². The molecule has 1 aliphatic heterocycles. The van der Waals surface area contributed by atoms with Gasteiger partial charge in [0.15, 0.2) is 11.7 Å². The molecule has 33 heavy (non-hydrogen) atoms. The van der Waals surface area contributed by atoms with Gasteiger partial charge in [0.1, 0.15) is 6.04 Å². The van der Waals surface area contributed by atoms with Crippen LogP contribution in [0.1, 0.15) is 84.5 Å². The van der Waals surface area contributed by atoms with E-state index in [1.54, 1.807) is 0 Å². The predicted molar refractivity (Wildman–Crippen MR) is 131 cm³/mol. The van der Waals surface area contributed by atoms with Gasteiger partial charge in [0.25, 0.3) is 0 Å². The molecule has 182 valence electrons. The number of carbonyl (C=O) groups is 3. The number of amides is 2. The number of hydrogen-bond acceptors (Lipinski definition) is 4. The molecule has 0 saturated carbocycles. The highest BCUT2D eigenvalue weighted by molar-refractivity contribution is 6.01. The first-order valence-electron chi connectivity index (χ1n) is 12.1. The molecule has 1 rings (SSSR count). The van der Waals surface area contributed by atoms with Gasteiger partial charge in [0.05, 0.1) is 7.11 Å². The maximum Gasteiger partial charge on any atom is 0.232 e. The maximum atomic E-state index is 13.1. The molecule has 3 atom stereocenters. The van der Waals surface area contributed by atoms with E-state index in [1.165, 1.54) is 18.1 Å². The minimum Gasteiger partial charge on any atom is -0.482 e. The number of ketones is 1. The standard InChI is InChI=1S/C27H40N2O4/c1-6-8-10-12-16-21(3)26(31)28-19-15-14-18-23-24(30)20-25(33-5)29(23)27(32)22(4)17-13-11-9-7-2/h1-2,20-23H,8-19H2,3-5H3,(H,28,31)/t21-,22-,23+/m1/s1. The Bertz CT molecular complexity index is 759. The largest absolute Gasteiger partial charge is 0.482 e. The molecule has 0 aromatic rings. The fourth-order valence-electron chi connectivity index (χ4n) is 3.95. The molecule has 0 bridgehead atoms. The monoisotopic (exact) mass is 456 g/mol. The third kappa shape index (κ3) is 9.74. The maximum absolute atomic E-state index is 13.1. The van der Waals surface area contributed by atoms with Gasteiger partial charge in [-0.25, -0.2) is 0 Å². The molecule has 6 nitrogen and oxygen atoms in total. The van der Waals surface area contributed by atoms with Gasteiger partial charge in [-0.15, -0.1) is 24.7 Å². The van der Waals surface area contributed by atoms with E-state index in [0.29, 0.717) is 25.3 Å². The van der Waals surface area contributed by atoms with Crippen molar-refractivity contribution >= 4 is 17.6 Å². The molecule has 0 aromatic heterocycles. The third-order valence-corrected chi connectivity index (χ3v) is 6.08. The summed E-state index contributed by atoms with van der Waals surface area (Å²) in [4.78, 5) is 39.3. The van der Waals surface area contributed by atoms with Crippen LogP contribution >= 0.6 is 0 Å². The number of terminal acetylenes is 2. The topological polar surface area (TPSA) is 75.7 Å². The number of unbranched alkanes of at least 4 members (excludes halogenated alkanes) is 5. The van der Waals surface area contributed by atoms with Crippen molar-refractivity contribution in [3.05, 3.63) is 12.0 Å². The van der Waals surface area contributed by atoms with Crippen LogP contribution < -0.4 is 5.32 Å². The lowest BCUT2D eigenvalue weighted by Gasteiger charge is -2.28. The number of methoxy groups -OCH3 is 1. The Morgan fingerprint density at radius 1 is 1.03 bits per heavy atom. The van der Waals surface area contributed by atoms with Crippen molar-refractivity contribution in [1.82, 2.24) is 10.2 Å². The van der Waals surface area contributed by atoms with Crippen LogP contribution in [-0.2, 0) is 19.1 Å². The van der Waals surface area contributed by atoms with E-state index in [0.717, 1.165) is 57.8 Å². The van der Waals surface area contributed by atoms with Crippen LogP contribution in [0.15, 0.2) is 12.0 Å². The molecule has 1 heterocycles. The second kappa shape index (κ2) is 16.0. The van der Waals surface area contributed by atoms with Crippen molar-refractivity contribution in [3.8, 4) is 24.7 Å². The van der Waals surface area contributed by atoms with Crippen molar-refractivity contribution in [3.63, 3.8) is 0 Å². The SMILES string of the molecule is C#CCCCC[C@@H](C)C(=O)NCCCC[C@H]1C(=O)C=C(OC)N1C(=O)[C@H](C)CCCCC#C. The van der Waals surface area contributed by atoms with Gasteiger partial charge < -0.3 is 10.1 Å². The number of nitrogens with zero attached hydrogens (tertiary/aromatic N) is 1. The summed E-state index contributed by atoms with van der Waals surface area (Å²) in [7, 11) is 1.47. The Balaban J connectivity index is 2.46. The lowest BCUT2D eigenvalue weighted by Crippen LogP contribution is -2.42. The Labute approximate surface area is 199 Å². The minimum absolute atomic E-state index is 0.0390. The quantitative estimate of drug-likeness (QED) is 0.279. The minimum atomic E-state index is -0.536. The zero-order valence-electron chi connectivity index (χ0n) is 20.5. The van der Waals surface area contributed by atoms with E-state index < -0.39 is 6.04 Å². The third-order valence-electron chi connectivity index (χ3n) is 6.08. The molecule has 2 amide bonds. The van der Waals surface area contributed by atoms with E-state index >= 15 is 0 Å². The van der Waals surface area contributed by atoms with Gasteiger partial charge in [-0.05, 0) is 44.9 Å². The molecule has 0 unspecified atom stereocenters. The normalized spacial score (nSPS) is 17.0. The van der Waals surface area contributed by atoms with E-state index in [4.69, 9.17) is 17.6 Å². The number of rotatable bonds is 16. The van der Waals surface area contributed by atoms with Crippen LogP contribution in [0, 0.1) is 36.5 Å². The predicted octanol–water partition coefficient (Wildman–Crippen LogP) is 4.20. The first-order chi connectivity index (χ1) is 15.9. The highest BCUT2D eigenvalue weighted by atomic mass is 16.5. The van der Waals surface area contributed by atoms with Gasteiger partial charge in [-0.3, -0.25) is 19.3 Å². The van der Waals surface area contributed by atoms with E-state index in [2.05, 4.69) is 17.2 Å². The summed E-state index contributed by atoms with van der Waals surface area (Å²) in [5, 5.41) is 2.97. The molecular weight excluding hydrogens is 416 g/mol. The average Bonchev–Trinajstić information content (AvgIpc) is 3.13. The van der Waals surface area contributed by atoms with Gasteiger partial charge in [0.2, 0.25) is 11.8 Å². The summed E-state index contributed by atoms with van der Waals surface area (Å²) in [5.41, 5.74) is 0. The molecule has 0 aromatic carbocycles. The van der Waals surface area contributed by atoms with Crippen molar-refractivity contribution in [2.45, 2.75) is 90.5 Å². The van der Waals surface area contributed by atoms with Crippen molar-refractivity contribution in [2.24, 2.45) is 11.8 Å². The Kier molecular flexibility index (Phi) is 13.7. The number of carbonyl (C=O) groups excluding carboxylic acids is 3. The van der Waals surface area contributed by atoms with Crippen LogP contribution in [0.2, 0.25) is 0 Å². The summed E-state index contributed by atoms with van der Waals surface area (Å²) in [6, 6.07) is -0.536. The van der Waals surface area contributed by atoms with E-state index in [1.807, 2.05) is 13.8 Å². The first-order valence-corrected chi connectivity index (χ1v) is 12.1. The lowest BCUT2D eigenvalue weighted by molar-refractivity contribution is -0.140. The smallest absolute Gasteiger partial charge is 0.232 e. The molecule has 6 heteroatoms. The zero-order valence-corrected chi connectivity index (χ0v) is 20.5. The molecule has 1 N–H and O–H groups in total. The fourth-order valence-corrected chi connectivity index (χ4v) is 3.95. The van der Waals surface area contributed by atoms with Crippen LogP contribution in [0.25, 0.3) is 0 Å². The summed E-state index contributed by atoms with van der Waals surface area (Å²) in [6.45, 7) is 4.37. The van der Waals surface area contributed by atoms with E-state index in [9.17, 15) is 14.4 Å². The summed E-state index contributed by atoms with van der Waals surface area (Å²) >= 11 is 0. The molecule has 0 spiro atoms. The van der Waals surface area contributed by atoms with Crippen molar-refractivity contribution in [1.29, 1.82) is 0 Å².